The number of likely N-dealkylation sites (N-methyl/N-ethyl adjacent to an activating group) is 1. The molecule has 0 bridgehead atoms. The van der Waals surface area contributed by atoms with Crippen LogP contribution in [0, 0.1) is 0 Å². The lowest BCUT2D eigenvalue weighted by molar-refractivity contribution is -0.213. The first-order valence-electron chi connectivity index (χ1n) is 8.81. The summed E-state index contributed by atoms with van der Waals surface area (Å²) >= 11 is 0. The smallest absolute Gasteiger partial charge is 0.394 e. The molecule has 0 spiro atoms. The van der Waals surface area contributed by atoms with Crippen LogP contribution in [0.15, 0.2) is 18.2 Å². The van der Waals surface area contributed by atoms with Gasteiger partial charge in [-0.1, -0.05) is 0 Å². The number of amides is 2. The van der Waals surface area contributed by atoms with Gasteiger partial charge in [-0.15, -0.1) is 0 Å². The number of nitrogens with zero attached hydrogens (tertiary/aromatic N) is 1. The first-order valence-corrected chi connectivity index (χ1v) is 8.81. The van der Waals surface area contributed by atoms with E-state index in [0.29, 0.717) is 12.1 Å². The van der Waals surface area contributed by atoms with Crippen molar-refractivity contribution in [3.63, 3.8) is 0 Å². The van der Waals surface area contributed by atoms with Crippen molar-refractivity contribution in [1.82, 2.24) is 10.2 Å². The van der Waals surface area contributed by atoms with E-state index in [4.69, 9.17) is 4.74 Å². The zero-order valence-electron chi connectivity index (χ0n) is 16.2. The van der Waals surface area contributed by atoms with Crippen LogP contribution in [0.2, 0.25) is 0 Å². The molecule has 1 aromatic carbocycles. The zero-order valence-corrected chi connectivity index (χ0v) is 16.2. The number of carbonyl (C=O) groups excluding carboxylic acids is 1. The second-order valence-electron chi connectivity index (χ2n) is 7.11. The van der Waals surface area contributed by atoms with Crippen LogP contribution in [-0.2, 0) is 17.1 Å². The largest absolute Gasteiger partial charge is 0.416 e. The maximum absolute atomic E-state index is 13.0. The lowest BCUT2D eigenvalue weighted by Gasteiger charge is -2.45. The van der Waals surface area contributed by atoms with Gasteiger partial charge in [0.25, 0.3) is 0 Å². The van der Waals surface area contributed by atoms with E-state index in [1.165, 1.54) is 19.0 Å². The molecule has 0 aromatic heterocycles. The second kappa shape index (κ2) is 9.16. The highest BCUT2D eigenvalue weighted by atomic mass is 19.4. The number of alkyl halides is 6. The average Bonchev–Trinajstić information content (AvgIpc) is 2.62. The van der Waals surface area contributed by atoms with Gasteiger partial charge in [-0.05, 0) is 32.3 Å². The molecule has 2 rings (SSSR count). The predicted molar refractivity (Wildman–Crippen MR) is 93.8 cm³/mol. The molecule has 8 nitrogen and oxygen atoms in total. The van der Waals surface area contributed by atoms with Crippen molar-refractivity contribution in [3.8, 4) is 0 Å². The van der Waals surface area contributed by atoms with Crippen molar-refractivity contribution in [3.05, 3.63) is 29.3 Å². The van der Waals surface area contributed by atoms with Crippen LogP contribution >= 0.6 is 0 Å². The normalized spacial score (nSPS) is 27.3. The summed E-state index contributed by atoms with van der Waals surface area (Å²) in [4.78, 5) is 13.6. The van der Waals surface area contributed by atoms with Gasteiger partial charge >= 0.3 is 18.4 Å². The summed E-state index contributed by atoms with van der Waals surface area (Å²) in [5, 5.41) is 33.5. The molecule has 1 heterocycles. The Morgan fingerprint density at radius 1 is 1.03 bits per heavy atom. The Hall–Kier alpha value is -2.13. The summed E-state index contributed by atoms with van der Waals surface area (Å²) in [5.41, 5.74) is -4.01. The maximum atomic E-state index is 13.0. The maximum Gasteiger partial charge on any atom is 0.416 e. The molecule has 0 unspecified atom stereocenters. The van der Waals surface area contributed by atoms with Crippen LogP contribution in [0.1, 0.15) is 11.1 Å². The minimum Gasteiger partial charge on any atom is -0.394 e. The van der Waals surface area contributed by atoms with Crippen LogP contribution in [0.5, 0.6) is 0 Å². The van der Waals surface area contributed by atoms with Crippen LogP contribution in [0.4, 0.5) is 36.8 Å². The van der Waals surface area contributed by atoms with Gasteiger partial charge in [0, 0.05) is 5.69 Å². The third-order valence-corrected chi connectivity index (χ3v) is 4.61. The van der Waals surface area contributed by atoms with Gasteiger partial charge < -0.3 is 30.7 Å². The fourth-order valence-electron chi connectivity index (χ4n) is 3.12. The topological polar surface area (TPSA) is 114 Å². The SMILES string of the molecule is CN(C)[C@@H]1[C@@H](O)[C@H](O)[C@@H](CO)O[C@H]1NC(=O)Nc1cc(C(F)(F)F)cc(C(F)(F)F)c1. The molecular weight excluding hydrogens is 440 g/mol. The Bertz CT molecular complexity index is 756. The summed E-state index contributed by atoms with van der Waals surface area (Å²) in [6.45, 7) is -0.721. The highest BCUT2D eigenvalue weighted by Gasteiger charge is 2.46. The van der Waals surface area contributed by atoms with Gasteiger partial charge in [0.15, 0.2) is 0 Å². The monoisotopic (exact) mass is 461 g/mol. The molecule has 2 amide bonds. The van der Waals surface area contributed by atoms with E-state index in [-0.39, 0.29) is 6.07 Å². The Labute approximate surface area is 172 Å². The van der Waals surface area contributed by atoms with Crippen molar-refractivity contribution < 1.29 is 51.2 Å². The standard InChI is InChI=1S/C17H21F6N3O5/c1-26(2)11-13(29)12(28)10(6-27)31-14(11)25-15(30)24-9-4-7(16(18,19)20)3-8(5-9)17(21,22)23/h3-5,10-14,27-29H,6H2,1-2H3,(H2,24,25,30)/t10-,11-,12-,13-,14-/m1/s1. The molecule has 14 heteroatoms. The van der Waals surface area contributed by atoms with Crippen LogP contribution in [0.3, 0.4) is 0 Å². The van der Waals surface area contributed by atoms with Gasteiger partial charge in [-0.2, -0.15) is 26.3 Å². The molecular formula is C17H21F6N3O5. The Morgan fingerprint density at radius 2 is 1.55 bits per heavy atom. The van der Waals surface area contributed by atoms with E-state index in [1.54, 1.807) is 0 Å². The predicted octanol–water partition coefficient (Wildman–Crippen LogP) is 1.21. The quantitative estimate of drug-likeness (QED) is 0.431. The lowest BCUT2D eigenvalue weighted by Crippen LogP contribution is -2.67. The number of carbonyl (C=O) groups is 1. The number of hydrogen-bond acceptors (Lipinski definition) is 6. The number of nitrogens with one attached hydrogen (secondary N) is 2. The molecule has 176 valence electrons. The molecule has 1 aliphatic rings. The van der Waals surface area contributed by atoms with Crippen molar-refractivity contribution in [2.24, 2.45) is 0 Å². The zero-order chi connectivity index (χ0) is 23.7. The number of ether oxygens (including phenoxy) is 1. The van der Waals surface area contributed by atoms with Gasteiger partial charge in [0.2, 0.25) is 0 Å². The van der Waals surface area contributed by atoms with Crippen molar-refractivity contribution in [2.45, 2.75) is 42.9 Å². The van der Waals surface area contributed by atoms with Gasteiger partial charge in [0.1, 0.15) is 24.5 Å². The number of anilines is 1. The number of aliphatic hydroxyl groups excluding tert-OH is 3. The minimum atomic E-state index is -5.09. The first kappa shape index (κ1) is 25.1. The molecule has 1 fully saturated rings. The summed E-state index contributed by atoms with van der Waals surface area (Å²) in [7, 11) is 2.94. The van der Waals surface area contributed by atoms with Crippen molar-refractivity contribution in [1.29, 1.82) is 0 Å². The molecule has 31 heavy (non-hydrogen) atoms. The van der Waals surface area contributed by atoms with Gasteiger partial charge in [0.05, 0.1) is 23.8 Å². The van der Waals surface area contributed by atoms with Crippen LogP contribution in [0.25, 0.3) is 0 Å². The fourth-order valence-corrected chi connectivity index (χ4v) is 3.12. The molecule has 0 saturated carbocycles. The minimum absolute atomic E-state index is 0.0843. The number of benzene rings is 1. The Morgan fingerprint density at radius 3 is 1.97 bits per heavy atom. The summed E-state index contributed by atoms with van der Waals surface area (Å²) in [6, 6.07) is -1.70. The van der Waals surface area contributed by atoms with E-state index in [2.05, 4.69) is 5.32 Å². The lowest BCUT2D eigenvalue weighted by atomic mass is 9.95. The van der Waals surface area contributed by atoms with Crippen molar-refractivity contribution >= 4 is 11.7 Å². The van der Waals surface area contributed by atoms with E-state index in [9.17, 15) is 46.5 Å². The van der Waals surface area contributed by atoms with Crippen LogP contribution < -0.4 is 10.6 Å². The number of hydrogen-bond donors (Lipinski definition) is 5. The Balaban J connectivity index is 2.26. The fraction of sp³-hybridized carbons (Fsp3) is 0.588. The van der Waals surface area contributed by atoms with Gasteiger partial charge in [-0.3, -0.25) is 4.90 Å². The molecule has 5 N–H and O–H groups in total. The number of aliphatic hydroxyl groups is 3. The Kier molecular flexibility index (Phi) is 7.43. The molecule has 5 atom stereocenters. The number of rotatable bonds is 4. The van der Waals surface area contributed by atoms with E-state index in [1.807, 2.05) is 5.32 Å². The third kappa shape index (κ3) is 5.98. The summed E-state index contributed by atoms with van der Waals surface area (Å²) in [6.07, 6.45) is -15.8. The summed E-state index contributed by atoms with van der Waals surface area (Å²) in [5.74, 6) is 0. The summed E-state index contributed by atoms with van der Waals surface area (Å²) < 4.78 is 83.0. The molecule has 0 aliphatic carbocycles. The average molecular weight is 461 g/mol. The first-order chi connectivity index (χ1) is 14.1. The number of urea groups is 1. The third-order valence-electron chi connectivity index (χ3n) is 4.61. The van der Waals surface area contributed by atoms with E-state index >= 15 is 0 Å². The van der Waals surface area contributed by atoms with Crippen LogP contribution in [-0.4, -0.2) is 77.5 Å². The van der Waals surface area contributed by atoms with E-state index < -0.39 is 72.4 Å². The molecule has 1 aliphatic heterocycles. The molecule has 1 aromatic rings. The van der Waals surface area contributed by atoms with Crippen molar-refractivity contribution in [2.75, 3.05) is 26.0 Å². The number of halogens is 6. The molecule has 1 saturated heterocycles. The second-order valence-corrected chi connectivity index (χ2v) is 7.11. The highest BCUT2D eigenvalue weighted by molar-refractivity contribution is 5.89. The van der Waals surface area contributed by atoms with Gasteiger partial charge in [-0.25, -0.2) is 4.79 Å². The highest BCUT2D eigenvalue weighted by Crippen LogP contribution is 2.37. The molecule has 0 radical (unpaired) electrons. The van der Waals surface area contributed by atoms with E-state index in [0.717, 1.165) is 0 Å².